The van der Waals surface area contributed by atoms with Crippen molar-refractivity contribution in [2.75, 3.05) is 11.4 Å². The average Bonchev–Trinajstić information content (AvgIpc) is 2.50. The molecule has 0 fully saturated rings. The Balaban J connectivity index is 2.35. The highest BCUT2D eigenvalue weighted by Gasteiger charge is 2.18. The van der Waals surface area contributed by atoms with E-state index >= 15 is 0 Å². The molecule has 0 aliphatic carbocycles. The molecule has 0 spiro atoms. The largest absolute Gasteiger partial charge is 0.307 e. The number of anilines is 1. The number of rotatable bonds is 5. The van der Waals surface area contributed by atoms with Crippen LogP contribution in [0.1, 0.15) is 16.8 Å². The first kappa shape index (κ1) is 14.8. The van der Waals surface area contributed by atoms with Crippen LogP contribution in [0.25, 0.3) is 0 Å². The Hall–Kier alpha value is -1.62. The summed E-state index contributed by atoms with van der Waals surface area (Å²) >= 11 is 2.26. The summed E-state index contributed by atoms with van der Waals surface area (Å²) in [4.78, 5) is 14.5. The molecule has 0 bridgehead atoms. The highest BCUT2D eigenvalue weighted by Crippen LogP contribution is 2.24. The fourth-order valence-corrected chi connectivity index (χ4v) is 2.64. The van der Waals surface area contributed by atoms with Crippen LogP contribution in [-0.4, -0.2) is 12.5 Å². The standard InChI is InChI=1S/C17H16INO/c1-2-3-13-19(16-12-8-7-11-15(16)18)17(20)14-9-5-4-6-10-14/h2,4-12H,1,3,13H2. The first-order chi connectivity index (χ1) is 9.74. The summed E-state index contributed by atoms with van der Waals surface area (Å²) in [6.45, 7) is 4.38. The van der Waals surface area contributed by atoms with Crippen LogP contribution in [0.5, 0.6) is 0 Å². The molecule has 0 unspecified atom stereocenters. The molecule has 0 aliphatic heterocycles. The first-order valence-electron chi connectivity index (χ1n) is 6.46. The van der Waals surface area contributed by atoms with Crippen molar-refractivity contribution in [2.24, 2.45) is 0 Å². The van der Waals surface area contributed by atoms with Gasteiger partial charge in [-0.3, -0.25) is 4.79 Å². The summed E-state index contributed by atoms with van der Waals surface area (Å²) in [6.07, 6.45) is 2.60. The summed E-state index contributed by atoms with van der Waals surface area (Å²) < 4.78 is 1.07. The predicted molar refractivity (Wildman–Crippen MR) is 92.1 cm³/mol. The molecule has 0 heterocycles. The normalized spacial score (nSPS) is 10.1. The Kier molecular flexibility index (Phi) is 5.35. The zero-order valence-corrected chi connectivity index (χ0v) is 13.3. The molecule has 2 aromatic carbocycles. The Morgan fingerprint density at radius 1 is 1.10 bits per heavy atom. The number of halogens is 1. The Morgan fingerprint density at radius 3 is 2.40 bits per heavy atom. The summed E-state index contributed by atoms with van der Waals surface area (Å²) in [5.74, 6) is 0.0246. The van der Waals surface area contributed by atoms with Gasteiger partial charge in [-0.2, -0.15) is 0 Å². The molecule has 0 aromatic heterocycles. The Labute approximate surface area is 133 Å². The van der Waals surface area contributed by atoms with E-state index in [0.29, 0.717) is 12.1 Å². The minimum absolute atomic E-state index is 0.0246. The molecule has 2 aromatic rings. The van der Waals surface area contributed by atoms with E-state index in [2.05, 4.69) is 29.2 Å². The molecule has 1 amide bonds. The first-order valence-corrected chi connectivity index (χ1v) is 7.54. The highest BCUT2D eigenvalue weighted by atomic mass is 127. The Bertz CT molecular complexity index is 595. The minimum Gasteiger partial charge on any atom is -0.307 e. The predicted octanol–water partition coefficient (Wildman–Crippen LogP) is 4.51. The van der Waals surface area contributed by atoms with E-state index in [1.165, 1.54) is 0 Å². The van der Waals surface area contributed by atoms with Crippen molar-refractivity contribution in [1.82, 2.24) is 0 Å². The van der Waals surface area contributed by atoms with Gasteiger partial charge in [0.25, 0.3) is 5.91 Å². The monoisotopic (exact) mass is 377 g/mol. The maximum atomic E-state index is 12.7. The number of carbonyl (C=O) groups excluding carboxylic acids is 1. The third kappa shape index (κ3) is 3.48. The zero-order chi connectivity index (χ0) is 14.4. The molecule has 0 radical (unpaired) electrons. The van der Waals surface area contributed by atoms with Gasteiger partial charge in [0.2, 0.25) is 0 Å². The van der Waals surface area contributed by atoms with Crippen molar-refractivity contribution in [2.45, 2.75) is 6.42 Å². The SMILES string of the molecule is C=CCCN(C(=O)c1ccccc1)c1ccccc1I. The lowest BCUT2D eigenvalue weighted by atomic mass is 10.1. The number of hydrogen-bond acceptors (Lipinski definition) is 1. The summed E-state index contributed by atoms with van der Waals surface area (Å²) in [5.41, 5.74) is 1.65. The fraction of sp³-hybridized carbons (Fsp3) is 0.118. The molecule has 2 rings (SSSR count). The molecule has 0 atom stereocenters. The van der Waals surface area contributed by atoms with Crippen molar-refractivity contribution in [3.8, 4) is 0 Å². The second-order valence-corrected chi connectivity index (χ2v) is 5.51. The van der Waals surface area contributed by atoms with Crippen LogP contribution in [0.15, 0.2) is 67.3 Å². The number of carbonyl (C=O) groups is 1. The van der Waals surface area contributed by atoms with E-state index in [0.717, 1.165) is 15.7 Å². The Morgan fingerprint density at radius 2 is 1.75 bits per heavy atom. The van der Waals surface area contributed by atoms with E-state index < -0.39 is 0 Å². The molecule has 20 heavy (non-hydrogen) atoms. The summed E-state index contributed by atoms with van der Waals surface area (Å²) in [7, 11) is 0. The van der Waals surface area contributed by atoms with Crippen LogP contribution in [0, 0.1) is 3.57 Å². The van der Waals surface area contributed by atoms with Gasteiger partial charge >= 0.3 is 0 Å². The number of para-hydroxylation sites is 1. The highest BCUT2D eigenvalue weighted by molar-refractivity contribution is 14.1. The number of amides is 1. The van der Waals surface area contributed by atoms with Gasteiger partial charge in [-0.05, 0) is 53.3 Å². The van der Waals surface area contributed by atoms with Crippen molar-refractivity contribution in [3.63, 3.8) is 0 Å². The molecule has 0 aliphatic rings. The third-order valence-corrected chi connectivity index (χ3v) is 3.88. The average molecular weight is 377 g/mol. The van der Waals surface area contributed by atoms with Gasteiger partial charge in [0.05, 0.1) is 5.69 Å². The smallest absolute Gasteiger partial charge is 0.258 e. The van der Waals surface area contributed by atoms with Crippen LogP contribution in [0.4, 0.5) is 5.69 Å². The number of nitrogens with zero attached hydrogens (tertiary/aromatic N) is 1. The maximum absolute atomic E-state index is 12.7. The van der Waals surface area contributed by atoms with Gasteiger partial charge < -0.3 is 4.90 Å². The molecule has 102 valence electrons. The maximum Gasteiger partial charge on any atom is 0.258 e. The van der Waals surface area contributed by atoms with Crippen molar-refractivity contribution in [3.05, 3.63) is 76.4 Å². The van der Waals surface area contributed by atoms with Crippen LogP contribution in [0.2, 0.25) is 0 Å². The number of hydrogen-bond donors (Lipinski definition) is 0. The molecular formula is C17H16INO. The molecule has 0 saturated carbocycles. The van der Waals surface area contributed by atoms with E-state index in [1.54, 1.807) is 0 Å². The summed E-state index contributed by atoms with van der Waals surface area (Å²) in [6, 6.07) is 17.3. The second kappa shape index (κ2) is 7.24. The topological polar surface area (TPSA) is 20.3 Å². The van der Waals surface area contributed by atoms with Crippen LogP contribution in [-0.2, 0) is 0 Å². The lowest BCUT2D eigenvalue weighted by Gasteiger charge is -2.23. The lowest BCUT2D eigenvalue weighted by molar-refractivity contribution is 0.0987. The quantitative estimate of drug-likeness (QED) is 0.555. The van der Waals surface area contributed by atoms with Gasteiger partial charge in [-0.25, -0.2) is 0 Å². The summed E-state index contributed by atoms with van der Waals surface area (Å²) in [5, 5.41) is 0. The van der Waals surface area contributed by atoms with E-state index in [-0.39, 0.29) is 5.91 Å². The van der Waals surface area contributed by atoms with Crippen molar-refractivity contribution in [1.29, 1.82) is 0 Å². The van der Waals surface area contributed by atoms with Gasteiger partial charge in [-0.1, -0.05) is 36.4 Å². The molecule has 2 nitrogen and oxygen atoms in total. The fourth-order valence-electron chi connectivity index (χ4n) is 1.96. The van der Waals surface area contributed by atoms with Crippen LogP contribution in [0.3, 0.4) is 0 Å². The molecule has 3 heteroatoms. The minimum atomic E-state index is 0.0246. The molecule has 0 N–H and O–H groups in total. The van der Waals surface area contributed by atoms with Crippen LogP contribution >= 0.6 is 22.6 Å². The van der Waals surface area contributed by atoms with Gasteiger partial charge in [0.15, 0.2) is 0 Å². The van der Waals surface area contributed by atoms with Crippen molar-refractivity contribution >= 4 is 34.2 Å². The van der Waals surface area contributed by atoms with Crippen molar-refractivity contribution < 1.29 is 4.79 Å². The second-order valence-electron chi connectivity index (χ2n) is 4.35. The van der Waals surface area contributed by atoms with Gasteiger partial charge in [0.1, 0.15) is 0 Å². The number of benzene rings is 2. The van der Waals surface area contributed by atoms with E-state index in [9.17, 15) is 4.79 Å². The molecular weight excluding hydrogens is 361 g/mol. The van der Waals surface area contributed by atoms with Gasteiger partial charge in [-0.15, -0.1) is 6.58 Å². The van der Waals surface area contributed by atoms with E-state index in [4.69, 9.17) is 0 Å². The lowest BCUT2D eigenvalue weighted by Crippen LogP contribution is -2.32. The third-order valence-electron chi connectivity index (χ3n) is 2.97. The van der Waals surface area contributed by atoms with Gasteiger partial charge in [0, 0.05) is 15.7 Å². The molecule has 0 saturated heterocycles. The van der Waals surface area contributed by atoms with E-state index in [1.807, 2.05) is 65.6 Å². The van der Waals surface area contributed by atoms with Crippen LogP contribution < -0.4 is 4.90 Å². The zero-order valence-electron chi connectivity index (χ0n) is 11.1.